The first-order chi connectivity index (χ1) is 9.51. The van der Waals surface area contributed by atoms with Crippen LogP contribution in [0.15, 0.2) is 0 Å². The van der Waals surface area contributed by atoms with Crippen molar-refractivity contribution in [3.63, 3.8) is 0 Å². The third kappa shape index (κ3) is 1.15. The van der Waals surface area contributed by atoms with Crippen LogP contribution in [0, 0.1) is 39.9 Å². The number of rotatable bonds is 0. The molecule has 8 atom stereocenters. The highest BCUT2D eigenvalue weighted by molar-refractivity contribution is 5.25. The minimum Gasteiger partial charge on any atom is -0.393 e. The summed E-state index contributed by atoms with van der Waals surface area (Å²) < 4.78 is 0. The topological polar surface area (TPSA) is 20.2 Å². The van der Waals surface area contributed by atoms with Crippen molar-refractivity contribution in [3.8, 4) is 0 Å². The van der Waals surface area contributed by atoms with Crippen molar-refractivity contribution >= 4 is 0 Å². The summed E-state index contributed by atoms with van der Waals surface area (Å²) in [6.45, 7) is 5.15. The van der Waals surface area contributed by atoms with Crippen LogP contribution in [0.1, 0.15) is 71.6 Å². The van der Waals surface area contributed by atoms with E-state index in [-0.39, 0.29) is 6.10 Å². The largest absolute Gasteiger partial charge is 0.393 e. The molecule has 1 spiro atoms. The molecule has 2 unspecified atom stereocenters. The van der Waals surface area contributed by atoms with Crippen LogP contribution < -0.4 is 0 Å². The van der Waals surface area contributed by atoms with E-state index in [9.17, 15) is 5.11 Å². The number of hydrogen-bond acceptors (Lipinski definition) is 1. The fourth-order valence-electron chi connectivity index (χ4n) is 8.30. The molecule has 0 saturated heterocycles. The molecule has 0 radical (unpaired) electrons. The van der Waals surface area contributed by atoms with E-state index >= 15 is 0 Å². The van der Waals surface area contributed by atoms with Gasteiger partial charge in [-0.3, -0.25) is 0 Å². The summed E-state index contributed by atoms with van der Waals surface area (Å²) in [7, 11) is 0. The molecule has 0 aromatic carbocycles. The van der Waals surface area contributed by atoms with E-state index < -0.39 is 0 Å². The van der Waals surface area contributed by atoms with Crippen molar-refractivity contribution < 1.29 is 5.11 Å². The normalized spacial score (nSPS) is 67.0. The van der Waals surface area contributed by atoms with Gasteiger partial charge >= 0.3 is 0 Å². The van der Waals surface area contributed by atoms with Crippen LogP contribution >= 0.6 is 0 Å². The Hall–Kier alpha value is -0.0400. The van der Waals surface area contributed by atoms with Gasteiger partial charge in [0.15, 0.2) is 0 Å². The molecule has 1 nitrogen and oxygen atoms in total. The zero-order valence-corrected chi connectivity index (χ0v) is 13.2. The Morgan fingerprint density at radius 2 is 1.80 bits per heavy atom. The maximum atomic E-state index is 11.0. The lowest BCUT2D eigenvalue weighted by Gasteiger charge is -2.59. The standard InChI is InChI=1S/C19H30O/c1-17-7-3-4-14(17)13-10-16(20)19-11-12(19)5-9-18(19,2)15(13)6-8-17/h12-16,20H,3-11H2,1-2H3/t12?,13-,14-,15-,16+,17-,18+,19?/m0/s1. The van der Waals surface area contributed by atoms with Crippen LogP contribution in [0.5, 0.6) is 0 Å². The smallest absolute Gasteiger partial charge is 0.0607 e. The van der Waals surface area contributed by atoms with Gasteiger partial charge in [-0.1, -0.05) is 20.3 Å². The van der Waals surface area contributed by atoms with Crippen molar-refractivity contribution in [1.82, 2.24) is 0 Å². The molecule has 0 aromatic heterocycles. The van der Waals surface area contributed by atoms with E-state index in [0.29, 0.717) is 16.2 Å². The van der Waals surface area contributed by atoms with Crippen LogP contribution in [0.3, 0.4) is 0 Å². The summed E-state index contributed by atoms with van der Waals surface area (Å²) in [4.78, 5) is 0. The molecule has 0 bridgehead atoms. The Kier molecular flexibility index (Phi) is 2.17. The quantitative estimate of drug-likeness (QED) is 0.694. The lowest BCUT2D eigenvalue weighted by Crippen LogP contribution is -2.55. The summed E-state index contributed by atoms with van der Waals surface area (Å²) in [5.41, 5.74) is 1.49. The molecule has 5 saturated carbocycles. The predicted octanol–water partition coefficient (Wildman–Crippen LogP) is 4.39. The average Bonchev–Trinajstić information content (AvgIpc) is 2.90. The fourth-order valence-corrected chi connectivity index (χ4v) is 8.30. The molecule has 5 rings (SSSR count). The zero-order valence-electron chi connectivity index (χ0n) is 13.2. The number of aliphatic hydroxyl groups is 1. The first-order valence-electron chi connectivity index (χ1n) is 9.19. The van der Waals surface area contributed by atoms with Crippen molar-refractivity contribution in [2.24, 2.45) is 39.9 Å². The first kappa shape index (κ1) is 12.5. The van der Waals surface area contributed by atoms with Crippen molar-refractivity contribution in [1.29, 1.82) is 0 Å². The van der Waals surface area contributed by atoms with Crippen LogP contribution in [-0.4, -0.2) is 11.2 Å². The second kappa shape index (κ2) is 3.47. The molecular weight excluding hydrogens is 244 g/mol. The van der Waals surface area contributed by atoms with Crippen molar-refractivity contribution in [2.75, 3.05) is 0 Å². The summed E-state index contributed by atoms with van der Waals surface area (Å²) in [5.74, 6) is 3.61. The van der Waals surface area contributed by atoms with Crippen LogP contribution in [-0.2, 0) is 0 Å². The lowest BCUT2D eigenvalue weighted by atomic mass is 9.46. The Morgan fingerprint density at radius 3 is 2.60 bits per heavy atom. The maximum absolute atomic E-state index is 11.0. The van der Waals surface area contributed by atoms with Crippen molar-refractivity contribution in [2.45, 2.75) is 77.7 Å². The molecule has 1 N–H and O–H groups in total. The Morgan fingerprint density at radius 1 is 0.950 bits per heavy atom. The van der Waals surface area contributed by atoms with E-state index in [1.54, 1.807) is 0 Å². The van der Waals surface area contributed by atoms with Gasteiger partial charge in [-0.2, -0.15) is 0 Å². The molecule has 0 aromatic rings. The van der Waals surface area contributed by atoms with Gasteiger partial charge in [0.25, 0.3) is 0 Å². The van der Waals surface area contributed by atoms with Gasteiger partial charge in [-0.25, -0.2) is 0 Å². The Labute approximate surface area is 123 Å². The van der Waals surface area contributed by atoms with E-state index in [0.717, 1.165) is 30.1 Å². The highest BCUT2D eigenvalue weighted by Gasteiger charge is 2.76. The van der Waals surface area contributed by atoms with E-state index in [1.165, 1.54) is 51.4 Å². The van der Waals surface area contributed by atoms with Gasteiger partial charge < -0.3 is 5.11 Å². The van der Waals surface area contributed by atoms with Gasteiger partial charge in [0.1, 0.15) is 0 Å². The molecule has 1 heteroatoms. The second-order valence-electron chi connectivity index (χ2n) is 9.61. The number of aliphatic hydroxyl groups excluding tert-OH is 1. The Bertz CT molecular complexity index is 459. The van der Waals surface area contributed by atoms with E-state index in [2.05, 4.69) is 13.8 Å². The minimum absolute atomic E-state index is 0.0317. The third-order valence-electron chi connectivity index (χ3n) is 9.35. The molecule has 5 aliphatic carbocycles. The van der Waals surface area contributed by atoms with Gasteiger partial charge in [-0.15, -0.1) is 0 Å². The van der Waals surface area contributed by atoms with E-state index in [4.69, 9.17) is 0 Å². The monoisotopic (exact) mass is 274 g/mol. The van der Waals surface area contributed by atoms with Crippen molar-refractivity contribution in [3.05, 3.63) is 0 Å². The highest BCUT2D eigenvalue weighted by Crippen LogP contribution is 2.81. The minimum atomic E-state index is 0.0317. The Balaban J connectivity index is 1.56. The SMILES string of the molecule is C[C@@]12CCC[C@H]1[C@@H]1C[C@@H](O)C34CC3CC[C@]4(C)[C@H]1CC2. The maximum Gasteiger partial charge on any atom is 0.0607 e. The molecule has 5 fully saturated rings. The predicted molar refractivity (Wildman–Crippen MR) is 80.2 cm³/mol. The molecule has 0 amide bonds. The second-order valence-corrected chi connectivity index (χ2v) is 9.61. The van der Waals surface area contributed by atoms with E-state index in [1.807, 2.05) is 0 Å². The van der Waals surface area contributed by atoms with Gasteiger partial charge in [0.05, 0.1) is 6.10 Å². The van der Waals surface area contributed by atoms with Gasteiger partial charge in [0.2, 0.25) is 0 Å². The van der Waals surface area contributed by atoms with Gasteiger partial charge in [-0.05, 0) is 85.9 Å². The number of hydrogen-bond donors (Lipinski definition) is 1. The van der Waals surface area contributed by atoms with Crippen LogP contribution in [0.4, 0.5) is 0 Å². The fraction of sp³-hybridized carbons (Fsp3) is 1.00. The third-order valence-corrected chi connectivity index (χ3v) is 9.35. The lowest BCUT2D eigenvalue weighted by molar-refractivity contribution is -0.145. The summed E-state index contributed by atoms with van der Waals surface area (Å²) in [5, 5.41) is 11.0. The molecule has 0 heterocycles. The van der Waals surface area contributed by atoms with Crippen LogP contribution in [0.2, 0.25) is 0 Å². The summed E-state index contributed by atoms with van der Waals surface area (Å²) in [6, 6.07) is 0. The highest BCUT2D eigenvalue weighted by atomic mass is 16.3. The molecule has 5 aliphatic rings. The molecule has 0 aliphatic heterocycles. The number of fused-ring (bicyclic) bond motifs is 4. The molecular formula is C19H30O. The zero-order chi connectivity index (χ0) is 13.8. The average molecular weight is 274 g/mol. The van der Waals surface area contributed by atoms with Crippen LogP contribution in [0.25, 0.3) is 0 Å². The summed E-state index contributed by atoms with van der Waals surface area (Å²) >= 11 is 0. The van der Waals surface area contributed by atoms with Gasteiger partial charge in [0, 0.05) is 5.41 Å². The molecule has 112 valence electrons. The summed E-state index contributed by atoms with van der Waals surface area (Å²) in [6.07, 6.45) is 12.7. The first-order valence-corrected chi connectivity index (χ1v) is 9.19. The molecule has 20 heavy (non-hydrogen) atoms.